The van der Waals surface area contributed by atoms with Gasteiger partial charge in [-0.15, -0.1) is 0 Å². The first-order valence-electron chi connectivity index (χ1n) is 4.63. The van der Waals surface area contributed by atoms with Crippen LogP contribution in [0.25, 0.3) is 10.9 Å². The molecule has 0 aliphatic heterocycles. The number of aromatic nitrogens is 2. The molecule has 1 aromatic carbocycles. The van der Waals surface area contributed by atoms with Gasteiger partial charge in [-0.1, -0.05) is 0 Å². The molecule has 3 N–H and O–H groups in total. The Labute approximate surface area is 86.2 Å². The van der Waals surface area contributed by atoms with E-state index in [2.05, 4.69) is 10.2 Å². The minimum absolute atomic E-state index is 0.277. The molecule has 0 spiro atoms. The third kappa shape index (κ3) is 1.63. The molecule has 2 aromatic rings. The molecule has 0 saturated carbocycles. The molecule has 78 valence electrons. The standard InChI is InChI=1S/C10H11N3O2/c1-2-15-10(14)9-7-5-6(11)3-4-8(7)12-13-9/h3-5H,2,11H2,1H3,(H,12,13). The number of aromatic amines is 1. The van der Waals surface area contributed by atoms with Crippen LogP contribution in [0.2, 0.25) is 0 Å². The molecule has 1 aromatic heterocycles. The normalized spacial score (nSPS) is 10.5. The summed E-state index contributed by atoms with van der Waals surface area (Å²) in [7, 11) is 0. The molecule has 0 radical (unpaired) electrons. The highest BCUT2D eigenvalue weighted by Crippen LogP contribution is 2.19. The van der Waals surface area contributed by atoms with Gasteiger partial charge in [-0.25, -0.2) is 4.79 Å². The lowest BCUT2D eigenvalue weighted by atomic mass is 10.2. The lowest BCUT2D eigenvalue weighted by Crippen LogP contribution is -2.05. The van der Waals surface area contributed by atoms with Gasteiger partial charge < -0.3 is 10.5 Å². The number of hydrogen-bond acceptors (Lipinski definition) is 4. The average Bonchev–Trinajstić information content (AvgIpc) is 2.60. The monoisotopic (exact) mass is 205 g/mol. The summed E-state index contributed by atoms with van der Waals surface area (Å²) >= 11 is 0. The van der Waals surface area contributed by atoms with Crippen molar-refractivity contribution in [2.45, 2.75) is 6.92 Å². The van der Waals surface area contributed by atoms with E-state index in [4.69, 9.17) is 10.5 Å². The largest absolute Gasteiger partial charge is 0.461 e. The van der Waals surface area contributed by atoms with Gasteiger partial charge in [0, 0.05) is 11.1 Å². The van der Waals surface area contributed by atoms with E-state index in [1.165, 1.54) is 0 Å². The van der Waals surface area contributed by atoms with Crippen molar-refractivity contribution in [2.75, 3.05) is 12.3 Å². The van der Waals surface area contributed by atoms with Gasteiger partial charge in [-0.05, 0) is 25.1 Å². The highest BCUT2D eigenvalue weighted by atomic mass is 16.5. The van der Waals surface area contributed by atoms with Gasteiger partial charge in [0.15, 0.2) is 5.69 Å². The number of fused-ring (bicyclic) bond motifs is 1. The minimum atomic E-state index is -0.436. The van der Waals surface area contributed by atoms with E-state index in [0.29, 0.717) is 17.7 Å². The minimum Gasteiger partial charge on any atom is -0.461 e. The number of nitrogens with zero attached hydrogens (tertiary/aromatic N) is 1. The number of carbonyl (C=O) groups excluding carboxylic acids is 1. The Morgan fingerprint density at radius 2 is 2.40 bits per heavy atom. The smallest absolute Gasteiger partial charge is 0.359 e. The number of H-pyrrole nitrogens is 1. The molecular weight excluding hydrogens is 194 g/mol. The fraction of sp³-hybridized carbons (Fsp3) is 0.200. The number of benzene rings is 1. The van der Waals surface area contributed by atoms with Crippen LogP contribution in [0, 0.1) is 0 Å². The molecule has 5 nitrogen and oxygen atoms in total. The summed E-state index contributed by atoms with van der Waals surface area (Å²) in [5, 5.41) is 7.34. The van der Waals surface area contributed by atoms with Crippen LogP contribution < -0.4 is 5.73 Å². The summed E-state index contributed by atoms with van der Waals surface area (Å²) in [6, 6.07) is 5.22. The predicted octanol–water partition coefficient (Wildman–Crippen LogP) is 1.32. The SMILES string of the molecule is CCOC(=O)c1n[nH]c2ccc(N)cc12. The van der Waals surface area contributed by atoms with Gasteiger partial charge in [0.2, 0.25) is 0 Å². The first-order chi connectivity index (χ1) is 7.22. The summed E-state index contributed by atoms with van der Waals surface area (Å²) in [6.07, 6.45) is 0. The van der Waals surface area contributed by atoms with E-state index in [1.54, 1.807) is 25.1 Å². The fourth-order valence-corrected chi connectivity index (χ4v) is 1.39. The summed E-state index contributed by atoms with van der Waals surface area (Å²) < 4.78 is 4.87. The number of ether oxygens (including phenoxy) is 1. The van der Waals surface area contributed by atoms with Crippen LogP contribution in [0.1, 0.15) is 17.4 Å². The number of nitrogens with two attached hydrogens (primary N) is 1. The molecule has 2 rings (SSSR count). The van der Waals surface area contributed by atoms with Crippen LogP contribution in [0.15, 0.2) is 18.2 Å². The molecule has 5 heteroatoms. The third-order valence-corrected chi connectivity index (χ3v) is 2.06. The Bertz CT molecular complexity index is 504. The zero-order valence-corrected chi connectivity index (χ0v) is 8.28. The molecule has 0 fully saturated rings. The maximum atomic E-state index is 11.5. The molecule has 0 amide bonds. The first-order valence-corrected chi connectivity index (χ1v) is 4.63. The van der Waals surface area contributed by atoms with E-state index in [9.17, 15) is 4.79 Å². The second-order valence-corrected chi connectivity index (χ2v) is 3.10. The lowest BCUT2D eigenvalue weighted by Gasteiger charge is -1.98. The summed E-state index contributed by atoms with van der Waals surface area (Å²) in [5.41, 5.74) is 7.27. The van der Waals surface area contributed by atoms with E-state index in [1.807, 2.05) is 0 Å². The Balaban J connectivity index is 2.52. The van der Waals surface area contributed by atoms with Gasteiger partial charge >= 0.3 is 5.97 Å². The van der Waals surface area contributed by atoms with E-state index < -0.39 is 5.97 Å². The number of esters is 1. The Morgan fingerprint density at radius 3 is 3.13 bits per heavy atom. The number of hydrogen-bond donors (Lipinski definition) is 2. The van der Waals surface area contributed by atoms with Crippen LogP contribution in [0.4, 0.5) is 5.69 Å². The molecule has 0 bridgehead atoms. The molecule has 0 unspecified atom stereocenters. The van der Waals surface area contributed by atoms with Crippen LogP contribution in [-0.4, -0.2) is 22.8 Å². The maximum Gasteiger partial charge on any atom is 0.359 e. The zero-order valence-electron chi connectivity index (χ0n) is 8.28. The van der Waals surface area contributed by atoms with Crippen molar-refractivity contribution >= 4 is 22.6 Å². The van der Waals surface area contributed by atoms with Gasteiger partial charge in [-0.2, -0.15) is 5.10 Å². The Kier molecular flexibility index (Phi) is 2.29. The van der Waals surface area contributed by atoms with Crippen molar-refractivity contribution in [1.82, 2.24) is 10.2 Å². The van der Waals surface area contributed by atoms with Crippen molar-refractivity contribution in [2.24, 2.45) is 0 Å². The number of anilines is 1. The molecule has 0 aliphatic rings. The maximum absolute atomic E-state index is 11.5. The molecule has 0 atom stereocenters. The first kappa shape index (κ1) is 9.51. The number of nitrogens with one attached hydrogen (secondary N) is 1. The summed E-state index contributed by atoms with van der Waals surface area (Å²) in [5.74, 6) is -0.436. The van der Waals surface area contributed by atoms with Gasteiger partial charge in [0.05, 0.1) is 12.1 Å². The molecule has 0 saturated heterocycles. The number of rotatable bonds is 2. The summed E-state index contributed by atoms with van der Waals surface area (Å²) in [6.45, 7) is 2.08. The second kappa shape index (κ2) is 3.61. The van der Waals surface area contributed by atoms with Crippen LogP contribution in [0.3, 0.4) is 0 Å². The highest BCUT2D eigenvalue weighted by Gasteiger charge is 2.14. The Morgan fingerprint density at radius 1 is 1.60 bits per heavy atom. The fourth-order valence-electron chi connectivity index (χ4n) is 1.39. The molecule has 1 heterocycles. The molecule has 0 aliphatic carbocycles. The van der Waals surface area contributed by atoms with Gasteiger partial charge in [0.1, 0.15) is 0 Å². The van der Waals surface area contributed by atoms with Crippen LogP contribution >= 0.6 is 0 Å². The quantitative estimate of drug-likeness (QED) is 0.572. The van der Waals surface area contributed by atoms with E-state index in [-0.39, 0.29) is 5.69 Å². The van der Waals surface area contributed by atoms with Gasteiger partial charge in [0.25, 0.3) is 0 Å². The third-order valence-electron chi connectivity index (χ3n) is 2.06. The van der Waals surface area contributed by atoms with Crippen LogP contribution in [0.5, 0.6) is 0 Å². The number of nitrogen functional groups attached to an aromatic ring is 1. The van der Waals surface area contributed by atoms with Gasteiger partial charge in [-0.3, -0.25) is 5.10 Å². The van der Waals surface area contributed by atoms with Crippen molar-refractivity contribution in [3.63, 3.8) is 0 Å². The van der Waals surface area contributed by atoms with E-state index in [0.717, 1.165) is 5.52 Å². The average molecular weight is 205 g/mol. The number of carbonyl (C=O) groups is 1. The second-order valence-electron chi connectivity index (χ2n) is 3.10. The van der Waals surface area contributed by atoms with Crippen molar-refractivity contribution < 1.29 is 9.53 Å². The highest BCUT2D eigenvalue weighted by molar-refractivity contribution is 6.02. The molecule has 15 heavy (non-hydrogen) atoms. The topological polar surface area (TPSA) is 81.0 Å². The zero-order chi connectivity index (χ0) is 10.8. The van der Waals surface area contributed by atoms with Crippen LogP contribution in [-0.2, 0) is 4.74 Å². The van der Waals surface area contributed by atoms with E-state index >= 15 is 0 Å². The summed E-state index contributed by atoms with van der Waals surface area (Å²) in [4.78, 5) is 11.5. The lowest BCUT2D eigenvalue weighted by molar-refractivity contribution is 0.0521. The Hall–Kier alpha value is -2.04. The molecular formula is C10H11N3O2. The van der Waals surface area contributed by atoms with Crippen molar-refractivity contribution in [1.29, 1.82) is 0 Å². The van der Waals surface area contributed by atoms with Crippen molar-refractivity contribution in [3.8, 4) is 0 Å². The van der Waals surface area contributed by atoms with Crippen molar-refractivity contribution in [3.05, 3.63) is 23.9 Å². The predicted molar refractivity (Wildman–Crippen MR) is 56.5 cm³/mol.